The van der Waals surface area contributed by atoms with Crippen molar-refractivity contribution in [3.8, 4) is 0 Å². The number of rotatable bonds is 4. The molecule has 0 aliphatic rings. The van der Waals surface area contributed by atoms with E-state index in [9.17, 15) is 8.42 Å². The number of aromatic nitrogens is 1. The van der Waals surface area contributed by atoms with Gasteiger partial charge in [0.2, 0.25) is 0 Å². The minimum absolute atomic E-state index is 0.114. The van der Waals surface area contributed by atoms with Crippen LogP contribution in [0.15, 0.2) is 41.4 Å². The third kappa shape index (κ3) is 3.14. The summed E-state index contributed by atoms with van der Waals surface area (Å²) in [6, 6.07) is 8.63. The molecule has 0 spiro atoms. The highest BCUT2D eigenvalue weighted by Crippen LogP contribution is 2.24. The standard InChI is InChI=1S/C14H18N4O2S/c1-10-6-11(2)8-12(7-10)18(3)21(19,20)13-4-5-14(17-15)16-9-13/h4-9H,15H2,1-3H3,(H,16,17). The third-order valence-corrected chi connectivity index (χ3v) is 4.88. The van der Waals surface area contributed by atoms with Crippen LogP contribution < -0.4 is 15.6 Å². The fourth-order valence-corrected chi connectivity index (χ4v) is 3.17. The number of benzene rings is 1. The SMILES string of the molecule is Cc1cc(C)cc(N(C)S(=O)(=O)c2ccc(NN)nc2)c1. The van der Waals surface area contributed by atoms with E-state index in [4.69, 9.17) is 5.84 Å². The summed E-state index contributed by atoms with van der Waals surface area (Å²) in [5.74, 6) is 5.63. The average molecular weight is 306 g/mol. The Labute approximate surface area is 124 Å². The van der Waals surface area contributed by atoms with Gasteiger partial charge in [0.15, 0.2) is 0 Å². The highest BCUT2D eigenvalue weighted by atomic mass is 32.2. The number of sulfonamides is 1. The molecule has 112 valence electrons. The van der Waals surface area contributed by atoms with Gasteiger partial charge in [-0.1, -0.05) is 6.07 Å². The summed E-state index contributed by atoms with van der Waals surface area (Å²) in [4.78, 5) is 4.05. The molecular formula is C14H18N4O2S. The van der Waals surface area contributed by atoms with E-state index in [1.807, 2.05) is 32.0 Å². The third-order valence-electron chi connectivity index (χ3n) is 3.11. The second-order valence-electron chi connectivity index (χ2n) is 4.84. The van der Waals surface area contributed by atoms with E-state index >= 15 is 0 Å². The molecule has 2 aromatic rings. The number of aryl methyl sites for hydroxylation is 2. The first-order valence-corrected chi connectivity index (χ1v) is 7.78. The molecule has 1 heterocycles. The van der Waals surface area contributed by atoms with Crippen molar-refractivity contribution in [3.63, 3.8) is 0 Å². The van der Waals surface area contributed by atoms with Crippen molar-refractivity contribution in [1.29, 1.82) is 0 Å². The van der Waals surface area contributed by atoms with Gasteiger partial charge >= 0.3 is 0 Å². The van der Waals surface area contributed by atoms with E-state index in [-0.39, 0.29) is 4.90 Å². The van der Waals surface area contributed by atoms with Gasteiger partial charge in [-0.25, -0.2) is 19.2 Å². The Kier molecular flexibility index (Phi) is 4.15. The predicted molar refractivity (Wildman–Crippen MR) is 83.6 cm³/mol. The number of hydrogen-bond acceptors (Lipinski definition) is 5. The number of hydrogen-bond donors (Lipinski definition) is 2. The minimum Gasteiger partial charge on any atom is -0.308 e. The maximum Gasteiger partial charge on any atom is 0.265 e. The molecule has 6 nitrogen and oxygen atoms in total. The van der Waals surface area contributed by atoms with Gasteiger partial charge < -0.3 is 5.43 Å². The van der Waals surface area contributed by atoms with Crippen LogP contribution >= 0.6 is 0 Å². The number of nitrogens with one attached hydrogen (secondary N) is 1. The van der Waals surface area contributed by atoms with E-state index in [1.165, 1.54) is 29.7 Å². The number of nitrogen functional groups attached to an aromatic ring is 1. The Morgan fingerprint density at radius 2 is 1.76 bits per heavy atom. The van der Waals surface area contributed by atoms with Crippen molar-refractivity contribution in [2.75, 3.05) is 16.8 Å². The first-order valence-electron chi connectivity index (χ1n) is 6.34. The molecule has 1 aromatic heterocycles. The summed E-state index contributed by atoms with van der Waals surface area (Å²) in [6.45, 7) is 3.86. The fourth-order valence-electron chi connectivity index (χ4n) is 2.05. The summed E-state index contributed by atoms with van der Waals surface area (Å²) in [5.41, 5.74) is 5.00. The Morgan fingerprint density at radius 3 is 2.24 bits per heavy atom. The monoisotopic (exact) mass is 306 g/mol. The second-order valence-corrected chi connectivity index (χ2v) is 6.81. The van der Waals surface area contributed by atoms with Crippen molar-refractivity contribution < 1.29 is 8.42 Å². The molecule has 0 aliphatic heterocycles. The van der Waals surface area contributed by atoms with Crippen molar-refractivity contribution in [1.82, 2.24) is 4.98 Å². The minimum atomic E-state index is -3.65. The van der Waals surface area contributed by atoms with E-state index in [2.05, 4.69) is 10.4 Å². The molecule has 0 amide bonds. The molecule has 0 saturated heterocycles. The second kappa shape index (κ2) is 5.71. The zero-order valence-corrected chi connectivity index (χ0v) is 13.0. The first kappa shape index (κ1) is 15.3. The van der Waals surface area contributed by atoms with Gasteiger partial charge in [0, 0.05) is 13.2 Å². The molecule has 7 heteroatoms. The van der Waals surface area contributed by atoms with Gasteiger partial charge in [-0.15, -0.1) is 0 Å². The van der Waals surface area contributed by atoms with Crippen LogP contribution in [0.3, 0.4) is 0 Å². The van der Waals surface area contributed by atoms with E-state index < -0.39 is 10.0 Å². The lowest BCUT2D eigenvalue weighted by molar-refractivity contribution is 0.594. The smallest absolute Gasteiger partial charge is 0.265 e. The molecule has 0 atom stereocenters. The number of nitrogens with zero attached hydrogens (tertiary/aromatic N) is 2. The topological polar surface area (TPSA) is 88.3 Å². The number of anilines is 2. The Balaban J connectivity index is 2.41. The molecule has 0 aliphatic carbocycles. The molecule has 0 fully saturated rings. The fraction of sp³-hybridized carbons (Fsp3) is 0.214. The number of pyridine rings is 1. The summed E-state index contributed by atoms with van der Waals surface area (Å²) < 4.78 is 26.4. The largest absolute Gasteiger partial charge is 0.308 e. The maximum atomic E-state index is 12.6. The van der Waals surface area contributed by atoms with Crippen molar-refractivity contribution >= 4 is 21.5 Å². The molecule has 0 saturated carbocycles. The molecule has 0 bridgehead atoms. The Hall–Kier alpha value is -2.12. The number of nitrogens with two attached hydrogens (primary N) is 1. The zero-order chi connectivity index (χ0) is 15.6. The summed E-state index contributed by atoms with van der Waals surface area (Å²) in [5, 5.41) is 0. The van der Waals surface area contributed by atoms with E-state index in [1.54, 1.807) is 0 Å². The van der Waals surface area contributed by atoms with Crippen LogP contribution in [-0.2, 0) is 10.0 Å². The van der Waals surface area contributed by atoms with Crippen molar-refractivity contribution in [3.05, 3.63) is 47.7 Å². The van der Waals surface area contributed by atoms with Crippen molar-refractivity contribution in [2.24, 2.45) is 5.84 Å². The van der Waals surface area contributed by atoms with Crippen molar-refractivity contribution in [2.45, 2.75) is 18.7 Å². The summed E-state index contributed by atoms with van der Waals surface area (Å²) in [7, 11) is -2.12. The Bertz CT molecular complexity index is 722. The van der Waals surface area contributed by atoms with Crippen LogP contribution in [-0.4, -0.2) is 20.4 Å². The Morgan fingerprint density at radius 1 is 1.14 bits per heavy atom. The quantitative estimate of drug-likeness (QED) is 0.664. The normalized spacial score (nSPS) is 11.2. The van der Waals surface area contributed by atoms with Gasteiger partial charge in [-0.2, -0.15) is 0 Å². The number of hydrazine groups is 1. The summed E-state index contributed by atoms with van der Waals surface area (Å²) >= 11 is 0. The lowest BCUT2D eigenvalue weighted by atomic mass is 10.1. The van der Waals surface area contributed by atoms with Crippen LogP contribution in [0.4, 0.5) is 11.5 Å². The molecule has 1 aromatic carbocycles. The zero-order valence-electron chi connectivity index (χ0n) is 12.2. The van der Waals surface area contributed by atoms with Crippen LogP contribution in [0, 0.1) is 13.8 Å². The van der Waals surface area contributed by atoms with Crippen LogP contribution in [0.1, 0.15) is 11.1 Å². The highest BCUT2D eigenvalue weighted by molar-refractivity contribution is 7.92. The molecule has 3 N–H and O–H groups in total. The van der Waals surface area contributed by atoms with Gasteiger partial charge in [0.05, 0.1) is 5.69 Å². The van der Waals surface area contributed by atoms with Gasteiger partial charge in [-0.3, -0.25) is 4.31 Å². The molecule has 2 rings (SSSR count). The van der Waals surface area contributed by atoms with Crippen LogP contribution in [0.25, 0.3) is 0 Å². The van der Waals surface area contributed by atoms with E-state index in [0.717, 1.165) is 11.1 Å². The van der Waals surface area contributed by atoms with Gasteiger partial charge in [0.25, 0.3) is 10.0 Å². The van der Waals surface area contributed by atoms with Crippen LogP contribution in [0.2, 0.25) is 0 Å². The molecule has 21 heavy (non-hydrogen) atoms. The predicted octanol–water partition coefficient (Wildman–Crippen LogP) is 1.81. The lowest BCUT2D eigenvalue weighted by Crippen LogP contribution is -2.27. The van der Waals surface area contributed by atoms with Crippen LogP contribution in [0.5, 0.6) is 0 Å². The van der Waals surface area contributed by atoms with Gasteiger partial charge in [-0.05, 0) is 49.2 Å². The average Bonchev–Trinajstić information content (AvgIpc) is 2.45. The molecule has 0 unspecified atom stereocenters. The lowest BCUT2D eigenvalue weighted by Gasteiger charge is -2.20. The van der Waals surface area contributed by atoms with Gasteiger partial charge in [0.1, 0.15) is 10.7 Å². The first-order chi connectivity index (χ1) is 9.84. The molecular weight excluding hydrogens is 288 g/mol. The van der Waals surface area contributed by atoms with E-state index in [0.29, 0.717) is 11.5 Å². The maximum absolute atomic E-state index is 12.6. The highest BCUT2D eigenvalue weighted by Gasteiger charge is 2.22. The summed E-state index contributed by atoms with van der Waals surface area (Å²) in [6.07, 6.45) is 1.28. The molecule has 0 radical (unpaired) electrons.